The fourth-order valence-electron chi connectivity index (χ4n) is 1.43. The lowest BCUT2D eigenvalue weighted by atomic mass is 10.1. The normalized spacial score (nSPS) is 9.75. The predicted molar refractivity (Wildman–Crippen MR) is 69.0 cm³/mol. The minimum atomic E-state index is -0.864. The molecule has 0 aliphatic rings. The number of hydrogen-bond acceptors (Lipinski definition) is 5. The molecule has 0 atom stereocenters. The molecule has 0 aliphatic carbocycles. The molecule has 0 radical (unpaired) electrons. The lowest BCUT2D eigenvalue weighted by molar-refractivity contribution is -0.385. The van der Waals surface area contributed by atoms with Gasteiger partial charge in [0.2, 0.25) is 5.91 Å². The van der Waals surface area contributed by atoms with Crippen LogP contribution in [0.4, 0.5) is 15.8 Å². The first kappa shape index (κ1) is 15.3. The van der Waals surface area contributed by atoms with Gasteiger partial charge in [-0.3, -0.25) is 19.7 Å². The first-order chi connectivity index (χ1) is 9.40. The first-order valence-corrected chi connectivity index (χ1v) is 5.55. The molecule has 0 bridgehead atoms. The molecule has 0 saturated heterocycles. The molecule has 3 N–H and O–H groups in total. The summed E-state index contributed by atoms with van der Waals surface area (Å²) in [6.07, 6.45) is 0. The Balaban J connectivity index is 3.11. The van der Waals surface area contributed by atoms with E-state index in [-0.39, 0.29) is 17.8 Å². The largest absolute Gasteiger partial charge is 0.386 e. The monoisotopic (exact) mass is 284 g/mol. The van der Waals surface area contributed by atoms with E-state index in [1.165, 1.54) is 14.1 Å². The van der Waals surface area contributed by atoms with Gasteiger partial charge >= 0.3 is 0 Å². The minimum Gasteiger partial charge on any atom is -0.386 e. The van der Waals surface area contributed by atoms with Crippen molar-refractivity contribution in [1.82, 2.24) is 10.6 Å². The summed E-state index contributed by atoms with van der Waals surface area (Å²) < 4.78 is 13.5. The summed E-state index contributed by atoms with van der Waals surface area (Å²) in [4.78, 5) is 32.8. The Bertz CT molecular complexity index is 562. The number of benzene rings is 1. The van der Waals surface area contributed by atoms with Crippen molar-refractivity contribution in [2.45, 2.75) is 0 Å². The van der Waals surface area contributed by atoms with Crippen LogP contribution < -0.4 is 16.0 Å². The van der Waals surface area contributed by atoms with Gasteiger partial charge in [0, 0.05) is 14.1 Å². The van der Waals surface area contributed by atoms with E-state index in [1.54, 1.807) is 0 Å². The molecule has 1 aromatic rings. The molecule has 9 heteroatoms. The standard InChI is InChI=1S/C11H13FN4O4/c1-13-8-3-6(9(16(19)20)4-7(8)12)11(18)15-5-10(17)14-2/h3-4,13H,5H2,1-2H3,(H,14,17)(H,15,18). The van der Waals surface area contributed by atoms with E-state index < -0.39 is 28.2 Å². The fraction of sp³-hybridized carbons (Fsp3) is 0.273. The van der Waals surface area contributed by atoms with E-state index >= 15 is 0 Å². The summed E-state index contributed by atoms with van der Waals surface area (Å²) >= 11 is 0. The third-order valence-electron chi connectivity index (χ3n) is 2.48. The van der Waals surface area contributed by atoms with Gasteiger partial charge in [0.05, 0.1) is 23.2 Å². The topological polar surface area (TPSA) is 113 Å². The van der Waals surface area contributed by atoms with Gasteiger partial charge in [0.15, 0.2) is 5.82 Å². The summed E-state index contributed by atoms with van der Waals surface area (Å²) in [6, 6.07) is 1.67. The van der Waals surface area contributed by atoms with Crippen LogP contribution in [-0.4, -0.2) is 37.4 Å². The van der Waals surface area contributed by atoms with Crippen LogP contribution in [0.1, 0.15) is 10.4 Å². The van der Waals surface area contributed by atoms with E-state index in [0.29, 0.717) is 6.07 Å². The minimum absolute atomic E-state index is 0.0549. The van der Waals surface area contributed by atoms with Gasteiger partial charge in [-0.2, -0.15) is 0 Å². The Kier molecular flexibility index (Phi) is 4.95. The van der Waals surface area contributed by atoms with Gasteiger partial charge in [-0.05, 0) is 6.07 Å². The van der Waals surface area contributed by atoms with Crippen molar-refractivity contribution >= 4 is 23.2 Å². The molecular weight excluding hydrogens is 271 g/mol. The van der Waals surface area contributed by atoms with Gasteiger partial charge in [-0.25, -0.2) is 4.39 Å². The summed E-state index contributed by atoms with van der Waals surface area (Å²) in [5.41, 5.74) is -1.05. The molecule has 2 amide bonds. The zero-order valence-corrected chi connectivity index (χ0v) is 10.8. The summed E-state index contributed by atoms with van der Waals surface area (Å²) in [6.45, 7) is -0.335. The van der Waals surface area contributed by atoms with Crippen LogP contribution in [-0.2, 0) is 4.79 Å². The first-order valence-electron chi connectivity index (χ1n) is 5.55. The Morgan fingerprint density at radius 2 is 2.00 bits per heavy atom. The average molecular weight is 284 g/mol. The molecule has 20 heavy (non-hydrogen) atoms. The fourth-order valence-corrected chi connectivity index (χ4v) is 1.43. The van der Waals surface area contributed by atoms with E-state index in [0.717, 1.165) is 6.07 Å². The molecule has 0 fully saturated rings. The summed E-state index contributed by atoms with van der Waals surface area (Å²) in [7, 11) is 2.80. The van der Waals surface area contributed by atoms with Gasteiger partial charge in [0.1, 0.15) is 5.56 Å². The molecule has 0 aliphatic heterocycles. The van der Waals surface area contributed by atoms with Crippen LogP contribution in [0.15, 0.2) is 12.1 Å². The number of anilines is 1. The van der Waals surface area contributed by atoms with Crippen molar-refractivity contribution in [2.75, 3.05) is 26.0 Å². The summed E-state index contributed by atoms with van der Waals surface area (Å²) in [5.74, 6) is -2.14. The SMILES string of the molecule is CNC(=O)CNC(=O)c1cc(NC)c(F)cc1[N+](=O)[O-]. The van der Waals surface area contributed by atoms with E-state index in [9.17, 15) is 24.1 Å². The molecule has 1 aromatic carbocycles. The average Bonchev–Trinajstić information content (AvgIpc) is 2.43. The molecule has 108 valence electrons. The molecule has 1 rings (SSSR count). The maximum absolute atomic E-state index is 13.5. The number of nitrogens with zero attached hydrogens (tertiary/aromatic N) is 1. The maximum atomic E-state index is 13.5. The number of likely N-dealkylation sites (N-methyl/N-ethyl adjacent to an activating group) is 1. The number of nitro benzene ring substituents is 1. The molecule has 0 heterocycles. The number of amides is 2. The molecular formula is C11H13FN4O4. The lowest BCUT2D eigenvalue weighted by Gasteiger charge is -2.08. The zero-order chi connectivity index (χ0) is 15.3. The van der Waals surface area contributed by atoms with Crippen molar-refractivity contribution in [2.24, 2.45) is 0 Å². The highest BCUT2D eigenvalue weighted by atomic mass is 19.1. The highest BCUT2D eigenvalue weighted by Crippen LogP contribution is 2.25. The second-order valence-corrected chi connectivity index (χ2v) is 3.71. The van der Waals surface area contributed by atoms with Gasteiger partial charge < -0.3 is 16.0 Å². The van der Waals surface area contributed by atoms with Crippen LogP contribution >= 0.6 is 0 Å². The third-order valence-corrected chi connectivity index (χ3v) is 2.48. The van der Waals surface area contributed by atoms with Gasteiger partial charge in [0.25, 0.3) is 11.6 Å². The van der Waals surface area contributed by atoms with Crippen molar-refractivity contribution in [1.29, 1.82) is 0 Å². The number of nitro groups is 1. The van der Waals surface area contributed by atoms with Gasteiger partial charge in [-0.1, -0.05) is 0 Å². The molecule has 0 aromatic heterocycles. The van der Waals surface area contributed by atoms with Crippen LogP contribution in [0.2, 0.25) is 0 Å². The quantitative estimate of drug-likeness (QED) is 0.530. The Hall–Kier alpha value is -2.71. The van der Waals surface area contributed by atoms with E-state index in [4.69, 9.17) is 0 Å². The molecule has 0 unspecified atom stereocenters. The third kappa shape index (κ3) is 3.40. The lowest BCUT2D eigenvalue weighted by Crippen LogP contribution is -2.35. The van der Waals surface area contributed by atoms with E-state index in [1.807, 2.05) is 0 Å². The Morgan fingerprint density at radius 1 is 1.35 bits per heavy atom. The highest BCUT2D eigenvalue weighted by molar-refractivity contribution is 6.00. The number of nitrogens with one attached hydrogen (secondary N) is 3. The second kappa shape index (κ2) is 6.45. The van der Waals surface area contributed by atoms with Gasteiger partial charge in [-0.15, -0.1) is 0 Å². The van der Waals surface area contributed by atoms with Crippen LogP contribution in [0, 0.1) is 15.9 Å². The Morgan fingerprint density at radius 3 is 2.50 bits per heavy atom. The number of hydrogen-bond donors (Lipinski definition) is 3. The number of carbonyl (C=O) groups is 2. The van der Waals surface area contributed by atoms with Crippen molar-refractivity contribution in [3.63, 3.8) is 0 Å². The van der Waals surface area contributed by atoms with Crippen molar-refractivity contribution in [3.05, 3.63) is 33.6 Å². The van der Waals surface area contributed by atoms with E-state index in [2.05, 4.69) is 16.0 Å². The molecule has 8 nitrogen and oxygen atoms in total. The molecule has 0 spiro atoms. The van der Waals surface area contributed by atoms with Crippen molar-refractivity contribution < 1.29 is 18.9 Å². The van der Waals surface area contributed by atoms with Crippen LogP contribution in [0.25, 0.3) is 0 Å². The van der Waals surface area contributed by atoms with Crippen LogP contribution in [0.5, 0.6) is 0 Å². The maximum Gasteiger partial charge on any atom is 0.285 e. The number of carbonyl (C=O) groups excluding carboxylic acids is 2. The highest BCUT2D eigenvalue weighted by Gasteiger charge is 2.23. The number of rotatable bonds is 5. The second-order valence-electron chi connectivity index (χ2n) is 3.71. The number of halogens is 1. The predicted octanol–water partition coefficient (Wildman–Crippen LogP) is 0.251. The van der Waals surface area contributed by atoms with Crippen molar-refractivity contribution in [3.8, 4) is 0 Å². The smallest absolute Gasteiger partial charge is 0.285 e. The molecule has 0 saturated carbocycles. The van der Waals surface area contributed by atoms with Crippen LogP contribution in [0.3, 0.4) is 0 Å². The summed E-state index contributed by atoms with van der Waals surface area (Å²) in [5, 5.41) is 17.8. The zero-order valence-electron chi connectivity index (χ0n) is 10.8. The Labute approximate surface area is 113 Å².